The van der Waals surface area contributed by atoms with E-state index in [0.29, 0.717) is 31.0 Å². The number of amides is 2. The summed E-state index contributed by atoms with van der Waals surface area (Å²) >= 11 is 0. The lowest BCUT2D eigenvalue weighted by Crippen LogP contribution is -2.25. The van der Waals surface area contributed by atoms with E-state index >= 15 is 0 Å². The summed E-state index contributed by atoms with van der Waals surface area (Å²) in [5.41, 5.74) is 8.64. The van der Waals surface area contributed by atoms with Crippen LogP contribution in [0.3, 0.4) is 0 Å². The standard InChI is InChI=1S/C25H31FN4O4/c1-4-33-24(31)28-22-13-12-21(15-23(22)29-25(32)34-5-2)30(16-18(3)7-6-14-27)17-19-8-10-20(26)11-9-19/h6-13,15H,3-5,14,16-17,27H2,1-2H3,(H,28,31)(H,29,32). The Kier molecular flexibility index (Phi) is 10.6. The minimum atomic E-state index is -0.660. The molecule has 0 aliphatic carbocycles. The maximum atomic E-state index is 13.4. The van der Waals surface area contributed by atoms with Crippen molar-refractivity contribution < 1.29 is 23.5 Å². The van der Waals surface area contributed by atoms with Gasteiger partial charge in [0.15, 0.2) is 0 Å². The Labute approximate surface area is 199 Å². The molecule has 0 saturated heterocycles. The average Bonchev–Trinajstić information content (AvgIpc) is 2.80. The fourth-order valence-corrected chi connectivity index (χ4v) is 3.08. The summed E-state index contributed by atoms with van der Waals surface area (Å²) < 4.78 is 23.3. The molecular formula is C25H31FN4O4. The van der Waals surface area contributed by atoms with Crippen LogP contribution in [0.4, 0.5) is 31.0 Å². The van der Waals surface area contributed by atoms with E-state index in [0.717, 1.165) is 16.8 Å². The molecular weight excluding hydrogens is 439 g/mol. The zero-order valence-electron chi connectivity index (χ0n) is 19.5. The normalized spacial score (nSPS) is 10.6. The lowest BCUT2D eigenvalue weighted by Gasteiger charge is -2.27. The van der Waals surface area contributed by atoms with Gasteiger partial charge in [0.1, 0.15) is 5.82 Å². The molecule has 0 fully saturated rings. The minimum absolute atomic E-state index is 0.191. The largest absolute Gasteiger partial charge is 0.450 e. The van der Waals surface area contributed by atoms with Crippen LogP contribution in [0, 0.1) is 5.82 Å². The number of halogens is 1. The van der Waals surface area contributed by atoms with Crippen molar-refractivity contribution in [3.63, 3.8) is 0 Å². The molecule has 0 spiro atoms. The predicted octanol–water partition coefficient (Wildman–Crippen LogP) is 5.04. The van der Waals surface area contributed by atoms with Crippen molar-refractivity contribution in [2.75, 3.05) is 41.8 Å². The Morgan fingerprint density at radius 2 is 1.65 bits per heavy atom. The second-order valence-corrected chi connectivity index (χ2v) is 7.20. The maximum absolute atomic E-state index is 13.4. The van der Waals surface area contributed by atoms with Gasteiger partial charge in [0.2, 0.25) is 0 Å². The summed E-state index contributed by atoms with van der Waals surface area (Å²) in [6, 6.07) is 11.4. The number of rotatable bonds is 11. The first-order chi connectivity index (χ1) is 16.4. The van der Waals surface area contributed by atoms with Crippen LogP contribution in [0.5, 0.6) is 0 Å². The molecule has 0 aliphatic heterocycles. The van der Waals surface area contributed by atoms with Crippen molar-refractivity contribution in [2.45, 2.75) is 20.4 Å². The van der Waals surface area contributed by atoms with Gasteiger partial charge in [-0.3, -0.25) is 10.6 Å². The third-order valence-electron chi connectivity index (χ3n) is 4.56. The van der Waals surface area contributed by atoms with Gasteiger partial charge in [0.25, 0.3) is 0 Å². The van der Waals surface area contributed by atoms with Gasteiger partial charge in [0.05, 0.1) is 24.6 Å². The van der Waals surface area contributed by atoms with Crippen molar-refractivity contribution >= 4 is 29.2 Å². The highest BCUT2D eigenvalue weighted by Crippen LogP contribution is 2.30. The Morgan fingerprint density at radius 3 is 2.24 bits per heavy atom. The zero-order chi connectivity index (χ0) is 24.9. The number of nitrogens with zero attached hydrogens (tertiary/aromatic N) is 1. The topological polar surface area (TPSA) is 106 Å². The summed E-state index contributed by atoms with van der Waals surface area (Å²) in [4.78, 5) is 26.1. The number of carbonyl (C=O) groups is 2. The molecule has 2 rings (SSSR count). The molecule has 0 heterocycles. The number of hydrogen-bond donors (Lipinski definition) is 3. The first-order valence-electron chi connectivity index (χ1n) is 10.9. The highest BCUT2D eigenvalue weighted by Gasteiger charge is 2.15. The van der Waals surface area contributed by atoms with Crippen LogP contribution in [0.25, 0.3) is 0 Å². The van der Waals surface area contributed by atoms with Crippen LogP contribution in [0.1, 0.15) is 19.4 Å². The predicted molar refractivity (Wildman–Crippen MR) is 133 cm³/mol. The lowest BCUT2D eigenvalue weighted by atomic mass is 10.1. The fourth-order valence-electron chi connectivity index (χ4n) is 3.08. The average molecular weight is 471 g/mol. The monoisotopic (exact) mass is 470 g/mol. The Balaban J connectivity index is 2.41. The number of nitrogens with one attached hydrogen (secondary N) is 2. The number of carbonyl (C=O) groups excluding carboxylic acids is 2. The Hall–Kier alpha value is -3.85. The summed E-state index contributed by atoms with van der Waals surface area (Å²) in [6.07, 6.45) is 2.34. The number of benzene rings is 2. The van der Waals surface area contributed by atoms with Crippen molar-refractivity contribution in [2.24, 2.45) is 5.73 Å². The van der Waals surface area contributed by atoms with Crippen LogP contribution in [-0.4, -0.2) is 38.5 Å². The van der Waals surface area contributed by atoms with Gasteiger partial charge < -0.3 is 20.1 Å². The molecule has 0 bridgehead atoms. The first kappa shape index (κ1) is 26.4. The van der Waals surface area contributed by atoms with E-state index in [1.54, 1.807) is 50.3 Å². The van der Waals surface area contributed by atoms with Crippen LogP contribution in [0.2, 0.25) is 0 Å². The van der Waals surface area contributed by atoms with Gasteiger partial charge in [-0.2, -0.15) is 0 Å². The third kappa shape index (κ3) is 8.59. The molecule has 0 atom stereocenters. The molecule has 9 heteroatoms. The van der Waals surface area contributed by atoms with E-state index < -0.39 is 12.2 Å². The van der Waals surface area contributed by atoms with Crippen LogP contribution in [-0.2, 0) is 16.0 Å². The number of nitrogens with two attached hydrogens (primary N) is 1. The van der Waals surface area contributed by atoms with Gasteiger partial charge in [-0.25, -0.2) is 14.0 Å². The molecule has 0 unspecified atom stereocenters. The quantitative estimate of drug-likeness (QED) is 0.397. The van der Waals surface area contributed by atoms with Crippen LogP contribution in [0.15, 0.2) is 66.8 Å². The number of anilines is 3. The highest BCUT2D eigenvalue weighted by atomic mass is 19.1. The molecule has 182 valence electrons. The summed E-state index contributed by atoms with van der Waals surface area (Å²) in [5.74, 6) is -0.319. The van der Waals surface area contributed by atoms with E-state index in [1.165, 1.54) is 12.1 Å². The van der Waals surface area contributed by atoms with Crippen LogP contribution < -0.4 is 21.3 Å². The molecule has 4 N–H and O–H groups in total. The zero-order valence-corrected chi connectivity index (χ0v) is 19.5. The Bertz CT molecular complexity index is 1010. The molecule has 2 aromatic rings. The maximum Gasteiger partial charge on any atom is 0.411 e. The number of ether oxygens (including phenoxy) is 2. The molecule has 34 heavy (non-hydrogen) atoms. The van der Waals surface area contributed by atoms with Gasteiger partial charge >= 0.3 is 12.2 Å². The molecule has 0 radical (unpaired) electrons. The van der Waals surface area contributed by atoms with E-state index in [1.807, 2.05) is 11.0 Å². The SMILES string of the molecule is C=C(C=CCN)CN(Cc1ccc(F)cc1)c1ccc(NC(=O)OCC)c(NC(=O)OCC)c1. The highest BCUT2D eigenvalue weighted by molar-refractivity contribution is 5.96. The molecule has 8 nitrogen and oxygen atoms in total. The molecule has 2 amide bonds. The van der Waals surface area contributed by atoms with Gasteiger partial charge in [0, 0.05) is 25.3 Å². The summed E-state index contributed by atoms with van der Waals surface area (Å²) in [6.45, 7) is 9.13. The molecule has 0 aliphatic rings. The van der Waals surface area contributed by atoms with E-state index in [9.17, 15) is 14.0 Å². The van der Waals surface area contributed by atoms with Crippen molar-refractivity contribution in [3.8, 4) is 0 Å². The first-order valence-corrected chi connectivity index (χ1v) is 10.9. The van der Waals surface area contributed by atoms with Crippen LogP contribution >= 0.6 is 0 Å². The second-order valence-electron chi connectivity index (χ2n) is 7.20. The fraction of sp³-hybridized carbons (Fsp3) is 0.280. The van der Waals surface area contributed by atoms with Crippen molar-refractivity contribution in [1.29, 1.82) is 0 Å². The molecule has 0 saturated carbocycles. The van der Waals surface area contributed by atoms with Gasteiger partial charge in [-0.15, -0.1) is 0 Å². The van der Waals surface area contributed by atoms with Crippen molar-refractivity contribution in [3.05, 3.63) is 78.1 Å². The van der Waals surface area contributed by atoms with E-state index in [-0.39, 0.29) is 19.0 Å². The smallest absolute Gasteiger partial charge is 0.411 e. The second kappa shape index (κ2) is 13.6. The molecule has 0 aromatic heterocycles. The Morgan fingerprint density at radius 1 is 1.03 bits per heavy atom. The minimum Gasteiger partial charge on any atom is -0.450 e. The number of hydrogen-bond acceptors (Lipinski definition) is 6. The van der Waals surface area contributed by atoms with E-state index in [4.69, 9.17) is 15.2 Å². The van der Waals surface area contributed by atoms with E-state index in [2.05, 4.69) is 17.2 Å². The third-order valence-corrected chi connectivity index (χ3v) is 4.56. The van der Waals surface area contributed by atoms with Gasteiger partial charge in [-0.1, -0.05) is 30.9 Å². The summed E-state index contributed by atoms with van der Waals surface area (Å²) in [5, 5.41) is 5.27. The molecule has 2 aromatic carbocycles. The lowest BCUT2D eigenvalue weighted by molar-refractivity contribution is 0.166. The van der Waals surface area contributed by atoms with Gasteiger partial charge in [-0.05, 0) is 55.3 Å². The summed E-state index contributed by atoms with van der Waals surface area (Å²) in [7, 11) is 0. The van der Waals surface area contributed by atoms with Crippen molar-refractivity contribution in [1.82, 2.24) is 0 Å².